The minimum atomic E-state index is -0.692. The van der Waals surface area contributed by atoms with Crippen molar-refractivity contribution in [1.82, 2.24) is 10.3 Å². The Morgan fingerprint density at radius 3 is 2.92 bits per heavy atom. The van der Waals surface area contributed by atoms with Gasteiger partial charge in [0, 0.05) is 0 Å². The second-order valence-electron chi connectivity index (χ2n) is 2.34. The molecule has 0 unspecified atom stereocenters. The molecule has 0 bridgehead atoms. The Hall–Kier alpha value is -2.45. The van der Waals surface area contributed by atoms with Crippen LogP contribution in [-0.2, 0) is 0 Å². The van der Waals surface area contributed by atoms with Gasteiger partial charge < -0.3 is 0 Å². The Kier molecular flexibility index (Phi) is 1.69. The third-order valence-corrected chi connectivity index (χ3v) is 2.64. The molecule has 0 N–H and O–H groups in total. The Labute approximate surface area is 63.3 Å². The van der Waals surface area contributed by atoms with Crippen LogP contribution in [0.5, 0.6) is 0 Å². The van der Waals surface area contributed by atoms with Crippen molar-refractivity contribution in [2.45, 2.75) is 0 Å². The monoisotopic (exact) mass is 420 g/mol. The van der Waals surface area contributed by atoms with E-state index in [1.54, 1.807) is 13.1 Å². The summed E-state index contributed by atoms with van der Waals surface area (Å²) in [4.78, 5) is 14.7. The van der Waals surface area contributed by atoms with E-state index in [1.807, 2.05) is 0 Å². The van der Waals surface area contributed by atoms with E-state index in [4.69, 9.17) is 0 Å². The van der Waals surface area contributed by atoms with Crippen LogP contribution in [0.3, 0.4) is 0 Å². The second kappa shape index (κ2) is 2.65. The van der Waals surface area contributed by atoms with E-state index >= 15 is 0 Å². The first-order chi connectivity index (χ1) is 5.63. The number of hydrogen-bond donors (Lipinski definition) is 0. The van der Waals surface area contributed by atoms with Gasteiger partial charge in [0.05, 0.1) is 0 Å². The number of pyridine rings is 1. The number of carbonyl (C=O) groups excluding carboxylic acids is 1. The van der Waals surface area contributed by atoms with Gasteiger partial charge in [0.2, 0.25) is 0 Å². The molecule has 0 radical (unpaired) electrons. The van der Waals surface area contributed by atoms with Crippen LogP contribution in [0.15, 0.2) is 18.3 Å². The molecule has 0 atom stereocenters. The van der Waals surface area contributed by atoms with Crippen molar-refractivity contribution < 1.29 is 9.18 Å². The van der Waals surface area contributed by atoms with Gasteiger partial charge in [0.25, 0.3) is 0 Å². The van der Waals surface area contributed by atoms with E-state index < -0.39 is 5.95 Å². The zero-order valence-electron chi connectivity index (χ0n) is 6.62. The number of aromatic nitrogens is 1. The summed E-state index contributed by atoms with van der Waals surface area (Å²) >= 11 is 0. The van der Waals surface area contributed by atoms with Gasteiger partial charge in [-0.2, -0.15) is 0 Å². The Balaban J connectivity index is 3.03. The fraction of sp³-hybridized carbons (Fsp3) is 0.143. The molecule has 0 saturated carbocycles. The number of carbonyl (C=O) groups is 1. The molecule has 12 heavy (non-hydrogen) atoms. The van der Waals surface area contributed by atoms with E-state index in [-0.39, 0.29) is 11.5 Å². The molecule has 59 valence electrons. The molecular weight excluding hydrogens is 414 g/mol. The van der Waals surface area contributed by atoms with E-state index in [9.17, 15) is 9.18 Å². The van der Waals surface area contributed by atoms with Crippen molar-refractivity contribution in [3.63, 3.8) is 0 Å². The van der Waals surface area contributed by atoms with Gasteiger partial charge in [-0.15, -0.1) is 0 Å². The molecule has 0 aliphatic heterocycles. The summed E-state index contributed by atoms with van der Waals surface area (Å²) in [6.45, 7) is 0. The first kappa shape index (κ1) is 7.65. The molecule has 1 aromatic heterocycles. The van der Waals surface area contributed by atoms with Crippen LogP contribution in [0.25, 0.3) is 0 Å². The van der Waals surface area contributed by atoms with Crippen LogP contribution in [0.1, 0.15) is 10.4 Å². The van der Waals surface area contributed by atoms with Crippen LogP contribution in [0.2, 0.25) is 0 Å². The fourth-order valence-corrected chi connectivity index (χ4v) is 1.52. The molecule has 0 spiro atoms. The van der Waals surface area contributed by atoms with Gasteiger partial charge >= 0.3 is 62.3 Å². The summed E-state index contributed by atoms with van der Waals surface area (Å²) in [6.07, 6.45) is 1.32. The third kappa shape index (κ3) is 1.18. The van der Waals surface area contributed by atoms with Crippen molar-refractivity contribution in [2.75, 3.05) is 7.05 Å². The average Bonchev–Trinajstić information content (AvgIpc) is 2.04. The van der Waals surface area contributed by atoms with Crippen LogP contribution in [-0.4, -0.2) is 23.3 Å². The van der Waals surface area contributed by atoms with E-state index in [0.29, 0.717) is 0 Å². The number of nitrogens with zero attached hydrogens (tertiary/aromatic N) is 2. The SMILES string of the molecule is C[N]([Rf])C(=O)c1cccnc1F. The first-order valence-corrected chi connectivity index (χ1v) is 6.18. The molecule has 0 saturated heterocycles. The fourth-order valence-electron chi connectivity index (χ4n) is 0.751. The second-order valence-corrected chi connectivity index (χ2v) is 6.64. The van der Waals surface area contributed by atoms with Gasteiger partial charge in [-0.05, 0) is 0 Å². The standard InChI is InChI=1S/C7H7FN2O.Rf/c1-9-7(11)5-3-2-4-10-6(5)8;/h2-4H,1H3,(H,9,11);/q;+1/p-1. The topological polar surface area (TPSA) is 33.2 Å². The van der Waals surface area contributed by atoms with E-state index in [1.165, 1.54) is 17.6 Å². The molecule has 5 heteroatoms. The predicted octanol–water partition coefficient (Wildman–Crippen LogP) is 0.757. The summed E-state index contributed by atoms with van der Waals surface area (Å²) in [5.41, 5.74) is 0.0546. The Morgan fingerprint density at radius 1 is 1.75 bits per heavy atom. The average molecular weight is 420 g/mol. The molecule has 0 aliphatic rings. The van der Waals surface area contributed by atoms with Gasteiger partial charge in [-0.1, -0.05) is 0 Å². The zero-order chi connectivity index (χ0) is 9.14. The van der Waals surface area contributed by atoms with E-state index in [0.717, 1.165) is 0 Å². The molecule has 1 amide bonds. The van der Waals surface area contributed by atoms with Crippen molar-refractivity contribution in [3.8, 4) is 0 Å². The zero-order valence-corrected chi connectivity index (χ0v) is 13.0. The number of halogens is 1. The Morgan fingerprint density at radius 2 is 2.42 bits per heavy atom. The first-order valence-electron chi connectivity index (χ1n) is 3.32. The summed E-state index contributed by atoms with van der Waals surface area (Å²) in [5, 5.41) is 1.51. The molecule has 3 nitrogen and oxygen atoms in total. The number of amides is 1. The minimum absolute atomic E-state index is 0.0546. The molecule has 1 heterocycles. The van der Waals surface area contributed by atoms with Crippen LogP contribution >= 0.6 is 0 Å². The Bertz CT molecular complexity index is 303. The van der Waals surface area contributed by atoms with Gasteiger partial charge in [-0.25, -0.2) is 0 Å². The normalized spacial score (nSPS) is 9.67. The summed E-state index contributed by atoms with van der Waals surface area (Å²) in [7, 11) is 1.66. The maximum absolute atomic E-state index is 12.9. The molecule has 1 rings (SSSR count). The van der Waals surface area contributed by atoms with Gasteiger partial charge in [0.15, 0.2) is 0 Å². The molecule has 1 aromatic rings. The maximum atomic E-state index is 12.9. The molecular formula is C7H6FN2ORf. The molecule has 0 aromatic carbocycles. The van der Waals surface area contributed by atoms with Crippen LogP contribution < -0.4 is 0 Å². The van der Waals surface area contributed by atoms with Gasteiger partial charge in [-0.3, -0.25) is 0 Å². The van der Waals surface area contributed by atoms with Crippen LogP contribution in [0, 0.1) is 5.95 Å². The molecule has 0 fully saturated rings. The third-order valence-electron chi connectivity index (χ3n) is 1.34. The van der Waals surface area contributed by atoms with Crippen molar-refractivity contribution in [3.05, 3.63) is 29.8 Å². The quantitative estimate of drug-likeness (QED) is 0.629. The van der Waals surface area contributed by atoms with Crippen molar-refractivity contribution >= 4 is 5.91 Å². The summed E-state index contributed by atoms with van der Waals surface area (Å²) in [6, 6.07) is 2.99. The van der Waals surface area contributed by atoms with Gasteiger partial charge in [0.1, 0.15) is 0 Å². The van der Waals surface area contributed by atoms with Crippen LogP contribution in [0.4, 0.5) is 4.39 Å². The van der Waals surface area contributed by atoms with E-state index in [2.05, 4.69) is 4.98 Å². The summed E-state index contributed by atoms with van der Waals surface area (Å²) in [5.74, 6) is -0.974. The predicted molar refractivity (Wildman–Crippen MR) is 36.3 cm³/mol. The summed E-state index contributed by atoms with van der Waals surface area (Å²) < 4.78 is 12.9. The number of hydrogen-bond acceptors (Lipinski definition) is 2. The van der Waals surface area contributed by atoms with Crippen molar-refractivity contribution in [1.29, 1.82) is 0 Å². The molecule has 0 aliphatic carbocycles. The van der Waals surface area contributed by atoms with Crippen molar-refractivity contribution in [2.24, 2.45) is 0 Å². The number of rotatable bonds is 1.